The number of benzene rings is 3. The summed E-state index contributed by atoms with van der Waals surface area (Å²) in [5.41, 5.74) is 0.676. The van der Waals surface area contributed by atoms with Crippen LogP contribution in [-0.2, 0) is 16.9 Å². The standard InChI is InChI=1S/C26H23ClN4O7/c1-14-22(24(31(35)36)26(29-14)18-5-3-4-6-20(18)28-25(26)32)16-11-19(27)23(21(12-16)37-2)38-13-15-7-9-17(10-8-15)30(33)34/h3-12,14,22,24,29H,13H2,1-2H3,(H,28,32)/t14-,22-,24+,26+/m0/s1. The summed E-state index contributed by atoms with van der Waals surface area (Å²) in [6.45, 7) is 1.86. The topological polar surface area (TPSA) is 146 Å². The van der Waals surface area contributed by atoms with Crippen LogP contribution in [0.25, 0.3) is 0 Å². The van der Waals surface area contributed by atoms with Gasteiger partial charge in [0.2, 0.25) is 0 Å². The van der Waals surface area contributed by atoms with E-state index in [0.717, 1.165) is 0 Å². The van der Waals surface area contributed by atoms with Crippen LogP contribution in [0.5, 0.6) is 11.5 Å². The van der Waals surface area contributed by atoms with E-state index in [1.807, 2.05) is 0 Å². The van der Waals surface area contributed by atoms with Crippen LogP contribution in [-0.4, -0.2) is 34.9 Å². The Morgan fingerprint density at radius 2 is 1.79 bits per heavy atom. The third-order valence-corrected chi connectivity index (χ3v) is 7.41. The normalized spacial score (nSPS) is 23.7. The molecule has 11 nitrogen and oxygen atoms in total. The Labute approximate surface area is 222 Å². The molecule has 12 heteroatoms. The third kappa shape index (κ3) is 4.00. The highest BCUT2D eigenvalue weighted by Crippen LogP contribution is 2.51. The number of fused-ring (bicyclic) bond motifs is 2. The lowest BCUT2D eigenvalue weighted by Crippen LogP contribution is -2.54. The van der Waals surface area contributed by atoms with Crippen LogP contribution in [0.3, 0.4) is 0 Å². The molecule has 2 heterocycles. The van der Waals surface area contributed by atoms with Gasteiger partial charge in [-0.2, -0.15) is 0 Å². The van der Waals surface area contributed by atoms with Crippen molar-refractivity contribution >= 4 is 28.9 Å². The number of ether oxygens (including phenoxy) is 2. The van der Waals surface area contributed by atoms with Crippen molar-refractivity contribution in [3.05, 3.63) is 103 Å². The van der Waals surface area contributed by atoms with Crippen molar-refractivity contribution < 1.29 is 24.1 Å². The molecule has 2 N–H and O–H groups in total. The fraction of sp³-hybridized carbons (Fsp3) is 0.269. The second-order valence-corrected chi connectivity index (χ2v) is 9.65. The highest BCUT2D eigenvalue weighted by Gasteiger charge is 2.67. The first-order valence-corrected chi connectivity index (χ1v) is 12.1. The van der Waals surface area contributed by atoms with Crippen molar-refractivity contribution in [1.29, 1.82) is 0 Å². The average molecular weight is 539 g/mol. The SMILES string of the molecule is COc1cc([C@@H]2[C@H](C)N[C@@]3(C(=O)Nc4ccccc43)[C@@H]2[N+](=O)[O-])cc(Cl)c1OCc1ccc([N+](=O)[O-])cc1. The van der Waals surface area contributed by atoms with E-state index < -0.39 is 39.3 Å². The molecule has 38 heavy (non-hydrogen) atoms. The number of amides is 1. The highest BCUT2D eigenvalue weighted by atomic mass is 35.5. The molecule has 1 spiro atoms. The van der Waals surface area contributed by atoms with E-state index in [0.29, 0.717) is 22.4 Å². The average Bonchev–Trinajstić information content (AvgIpc) is 3.36. The summed E-state index contributed by atoms with van der Waals surface area (Å²) in [6, 6.07) is 14.3. The Hall–Kier alpha value is -4.22. The van der Waals surface area contributed by atoms with Crippen LogP contribution < -0.4 is 20.1 Å². The number of non-ortho nitro benzene ring substituents is 1. The van der Waals surface area contributed by atoms with Crippen molar-refractivity contribution in [3.63, 3.8) is 0 Å². The van der Waals surface area contributed by atoms with Crippen LogP contribution in [0.2, 0.25) is 5.02 Å². The van der Waals surface area contributed by atoms with Crippen LogP contribution >= 0.6 is 11.6 Å². The Morgan fingerprint density at radius 3 is 2.45 bits per heavy atom. The lowest BCUT2D eigenvalue weighted by Gasteiger charge is -2.25. The number of carbonyl (C=O) groups is 1. The molecule has 2 aliphatic rings. The Bertz CT molecular complexity index is 1450. The van der Waals surface area contributed by atoms with Gasteiger partial charge in [-0.1, -0.05) is 29.8 Å². The lowest BCUT2D eigenvalue weighted by atomic mass is 9.78. The zero-order valence-corrected chi connectivity index (χ0v) is 21.1. The molecular weight excluding hydrogens is 516 g/mol. The number of nitro benzene ring substituents is 1. The first-order chi connectivity index (χ1) is 18.2. The van der Waals surface area contributed by atoms with E-state index in [-0.39, 0.29) is 28.8 Å². The molecule has 0 bridgehead atoms. The molecule has 1 amide bonds. The van der Waals surface area contributed by atoms with E-state index in [9.17, 15) is 25.0 Å². The number of halogens is 1. The van der Waals surface area contributed by atoms with Gasteiger partial charge in [-0.15, -0.1) is 0 Å². The van der Waals surface area contributed by atoms with Crippen LogP contribution in [0.15, 0.2) is 60.7 Å². The zero-order chi connectivity index (χ0) is 27.2. The fourth-order valence-corrected chi connectivity index (χ4v) is 5.77. The number of rotatable bonds is 7. The number of nitro groups is 2. The van der Waals surface area contributed by atoms with E-state index in [4.69, 9.17) is 21.1 Å². The third-order valence-electron chi connectivity index (χ3n) is 7.13. The molecule has 4 atom stereocenters. The molecule has 2 aliphatic heterocycles. The predicted molar refractivity (Wildman–Crippen MR) is 138 cm³/mol. The van der Waals surface area contributed by atoms with Crippen LogP contribution in [0, 0.1) is 20.2 Å². The predicted octanol–water partition coefficient (Wildman–Crippen LogP) is 4.40. The number of carbonyl (C=O) groups excluding carboxylic acids is 1. The molecule has 1 fully saturated rings. The van der Waals surface area contributed by atoms with Crippen molar-refractivity contribution in [3.8, 4) is 11.5 Å². The quantitative estimate of drug-likeness (QED) is 0.332. The van der Waals surface area contributed by atoms with Crippen LogP contribution in [0.4, 0.5) is 11.4 Å². The second-order valence-electron chi connectivity index (χ2n) is 9.24. The number of hydrogen-bond acceptors (Lipinski definition) is 8. The Morgan fingerprint density at radius 1 is 1.08 bits per heavy atom. The minimum Gasteiger partial charge on any atom is -0.493 e. The molecule has 196 valence electrons. The summed E-state index contributed by atoms with van der Waals surface area (Å²) in [5.74, 6) is -0.708. The molecule has 0 saturated carbocycles. The smallest absolute Gasteiger partial charge is 0.269 e. The molecule has 0 radical (unpaired) electrons. The number of methoxy groups -OCH3 is 1. The molecule has 0 unspecified atom stereocenters. The lowest BCUT2D eigenvalue weighted by molar-refractivity contribution is -0.532. The Kier molecular flexibility index (Phi) is 6.41. The van der Waals surface area contributed by atoms with Crippen molar-refractivity contribution in [2.75, 3.05) is 12.4 Å². The molecule has 0 aliphatic carbocycles. The summed E-state index contributed by atoms with van der Waals surface area (Å²) in [6.07, 6.45) is 0. The largest absolute Gasteiger partial charge is 0.493 e. The van der Waals surface area contributed by atoms with E-state index in [1.165, 1.54) is 19.2 Å². The van der Waals surface area contributed by atoms with Crippen molar-refractivity contribution in [2.24, 2.45) is 0 Å². The highest BCUT2D eigenvalue weighted by molar-refractivity contribution is 6.32. The first-order valence-electron chi connectivity index (χ1n) is 11.7. The summed E-state index contributed by atoms with van der Waals surface area (Å²) >= 11 is 6.60. The van der Waals surface area contributed by atoms with Gasteiger partial charge in [0.25, 0.3) is 17.6 Å². The van der Waals surface area contributed by atoms with Gasteiger partial charge in [0.15, 0.2) is 17.0 Å². The van der Waals surface area contributed by atoms with Crippen LogP contribution in [0.1, 0.15) is 29.5 Å². The maximum absolute atomic E-state index is 13.2. The van der Waals surface area contributed by atoms with E-state index >= 15 is 0 Å². The van der Waals surface area contributed by atoms with Gasteiger partial charge in [0.05, 0.1) is 23.0 Å². The summed E-state index contributed by atoms with van der Waals surface area (Å²) in [7, 11) is 1.43. The Balaban J connectivity index is 1.49. The molecule has 5 rings (SSSR count). The summed E-state index contributed by atoms with van der Waals surface area (Å²) in [4.78, 5) is 35.7. The van der Waals surface area contributed by atoms with Gasteiger partial charge < -0.3 is 14.8 Å². The van der Waals surface area contributed by atoms with Crippen molar-refractivity contribution in [1.82, 2.24) is 5.32 Å². The van der Waals surface area contributed by atoms with Gasteiger partial charge in [-0.05, 0) is 48.4 Å². The summed E-state index contributed by atoms with van der Waals surface area (Å²) < 4.78 is 11.4. The van der Waals surface area contributed by atoms with Gasteiger partial charge in [0.1, 0.15) is 6.61 Å². The number of para-hydroxylation sites is 1. The monoisotopic (exact) mass is 538 g/mol. The maximum Gasteiger partial charge on any atom is 0.269 e. The fourth-order valence-electron chi connectivity index (χ4n) is 5.50. The first kappa shape index (κ1) is 25.4. The van der Waals surface area contributed by atoms with E-state index in [1.54, 1.807) is 55.5 Å². The maximum atomic E-state index is 13.2. The van der Waals surface area contributed by atoms with Gasteiger partial charge in [-0.3, -0.25) is 30.3 Å². The molecule has 3 aromatic carbocycles. The van der Waals surface area contributed by atoms with Gasteiger partial charge in [0, 0.05) is 34.3 Å². The van der Waals surface area contributed by atoms with Gasteiger partial charge >= 0.3 is 0 Å². The molecule has 0 aromatic heterocycles. The zero-order valence-electron chi connectivity index (χ0n) is 20.3. The number of nitrogens with zero attached hydrogens (tertiary/aromatic N) is 2. The number of hydrogen-bond donors (Lipinski definition) is 2. The van der Waals surface area contributed by atoms with Crippen molar-refractivity contribution in [2.45, 2.75) is 37.1 Å². The number of anilines is 1. The molecule has 1 saturated heterocycles. The second kappa shape index (κ2) is 9.58. The minimum atomic E-state index is -1.55. The van der Waals surface area contributed by atoms with Gasteiger partial charge in [-0.25, -0.2) is 0 Å². The molecule has 3 aromatic rings. The minimum absolute atomic E-state index is 0.0373. The summed E-state index contributed by atoms with van der Waals surface area (Å²) in [5, 5.41) is 29.6. The van der Waals surface area contributed by atoms with E-state index in [2.05, 4.69) is 10.6 Å². The molecular formula is C26H23ClN4O7. The number of nitrogens with one attached hydrogen (secondary N) is 2.